The van der Waals surface area contributed by atoms with Crippen LogP contribution in [0.1, 0.15) is 25.0 Å². The summed E-state index contributed by atoms with van der Waals surface area (Å²) in [5.74, 6) is 2.75. The summed E-state index contributed by atoms with van der Waals surface area (Å²) in [5, 5.41) is 8.18. The van der Waals surface area contributed by atoms with E-state index in [0.717, 1.165) is 37.2 Å². The van der Waals surface area contributed by atoms with Gasteiger partial charge in [0.15, 0.2) is 0 Å². The number of benzene rings is 2. The minimum Gasteiger partial charge on any atom is -0.455 e. The third-order valence-corrected chi connectivity index (χ3v) is 5.62. The van der Waals surface area contributed by atoms with Crippen molar-refractivity contribution in [1.29, 1.82) is 0 Å². The van der Waals surface area contributed by atoms with Gasteiger partial charge >= 0.3 is 0 Å². The largest absolute Gasteiger partial charge is 0.455 e. The Morgan fingerprint density at radius 3 is 2.53 bits per heavy atom. The predicted octanol–water partition coefficient (Wildman–Crippen LogP) is 5.96. The summed E-state index contributed by atoms with van der Waals surface area (Å²) >= 11 is 6.08. The Balaban J connectivity index is 1.34. The molecule has 1 aliphatic rings. The molecule has 0 bridgehead atoms. The molecule has 0 radical (unpaired) electrons. The fourth-order valence-corrected chi connectivity index (χ4v) is 3.92. The second-order valence-electron chi connectivity index (χ2n) is 7.90. The molecule has 34 heavy (non-hydrogen) atoms. The van der Waals surface area contributed by atoms with E-state index in [1.165, 1.54) is 6.42 Å². The van der Waals surface area contributed by atoms with Crippen LogP contribution in [-0.2, 0) is 0 Å². The number of nitrogens with one attached hydrogen (secondary N) is 2. The summed E-state index contributed by atoms with van der Waals surface area (Å²) in [4.78, 5) is 15.9. The van der Waals surface area contributed by atoms with Crippen LogP contribution in [0.15, 0.2) is 76.2 Å². The predicted molar refractivity (Wildman–Crippen MR) is 136 cm³/mol. The summed E-state index contributed by atoms with van der Waals surface area (Å²) < 4.78 is 5.86. The standard InChI is InChI=1S/C25H24ClN7O/c26-19-9-7-8-18(16-19)22-13-12-21(34-22)17-27-32-24-29-23(28-20-10-3-1-4-11-20)30-25(31-24)33-14-5-2-6-15-33/h1,3-4,7-13,16-17H,2,5-6,14-15H2,(H2,28,29,30,31,32). The molecule has 1 saturated heterocycles. The lowest BCUT2D eigenvalue weighted by Gasteiger charge is -2.26. The minimum absolute atomic E-state index is 0.354. The van der Waals surface area contributed by atoms with Crippen LogP contribution in [0.3, 0.4) is 0 Å². The molecule has 8 nitrogen and oxygen atoms in total. The molecule has 0 saturated carbocycles. The quantitative estimate of drug-likeness (QED) is 0.252. The number of hydrazone groups is 1. The maximum absolute atomic E-state index is 6.08. The van der Waals surface area contributed by atoms with Crippen molar-refractivity contribution in [2.45, 2.75) is 19.3 Å². The van der Waals surface area contributed by atoms with Gasteiger partial charge in [-0.25, -0.2) is 5.43 Å². The van der Waals surface area contributed by atoms with Gasteiger partial charge in [-0.15, -0.1) is 0 Å². The minimum atomic E-state index is 0.354. The molecule has 0 aliphatic carbocycles. The topological polar surface area (TPSA) is 91.5 Å². The van der Waals surface area contributed by atoms with Gasteiger partial charge in [-0.3, -0.25) is 0 Å². The molecule has 2 aromatic heterocycles. The Morgan fingerprint density at radius 1 is 0.882 bits per heavy atom. The zero-order valence-electron chi connectivity index (χ0n) is 18.5. The van der Waals surface area contributed by atoms with Gasteiger partial charge in [0, 0.05) is 29.4 Å². The fourth-order valence-electron chi connectivity index (χ4n) is 3.73. The Kier molecular flexibility index (Phi) is 6.67. The van der Waals surface area contributed by atoms with Crippen molar-refractivity contribution in [2.75, 3.05) is 28.7 Å². The number of anilines is 4. The van der Waals surface area contributed by atoms with Gasteiger partial charge in [0.2, 0.25) is 17.8 Å². The van der Waals surface area contributed by atoms with E-state index in [1.807, 2.05) is 66.7 Å². The third kappa shape index (κ3) is 5.52. The van der Waals surface area contributed by atoms with Gasteiger partial charge in [-0.2, -0.15) is 20.1 Å². The van der Waals surface area contributed by atoms with Crippen molar-refractivity contribution in [2.24, 2.45) is 5.10 Å². The number of furan rings is 1. The SMILES string of the molecule is Clc1cccc(-c2ccc(C=NNc3nc(Nc4ccccc4)nc(N4CCCCC4)n3)o2)c1. The highest BCUT2D eigenvalue weighted by Crippen LogP contribution is 2.24. The molecule has 2 aromatic carbocycles. The van der Waals surface area contributed by atoms with Gasteiger partial charge in [0.05, 0.1) is 6.21 Å². The van der Waals surface area contributed by atoms with E-state index >= 15 is 0 Å². The smallest absolute Gasteiger partial charge is 0.250 e. The van der Waals surface area contributed by atoms with Gasteiger partial charge in [0.25, 0.3) is 0 Å². The van der Waals surface area contributed by atoms with Crippen molar-refractivity contribution in [3.63, 3.8) is 0 Å². The highest BCUT2D eigenvalue weighted by atomic mass is 35.5. The Labute approximate surface area is 202 Å². The second-order valence-corrected chi connectivity index (χ2v) is 8.34. The number of rotatable bonds is 7. The van der Waals surface area contributed by atoms with Crippen molar-refractivity contribution < 1.29 is 4.42 Å². The summed E-state index contributed by atoms with van der Waals surface area (Å²) in [7, 11) is 0. The monoisotopic (exact) mass is 473 g/mol. The Hall–Kier alpha value is -3.91. The van der Waals surface area contributed by atoms with E-state index in [4.69, 9.17) is 16.0 Å². The molecule has 0 amide bonds. The number of halogens is 1. The molecular formula is C25H24ClN7O. The molecular weight excluding hydrogens is 450 g/mol. The molecule has 1 aliphatic heterocycles. The highest BCUT2D eigenvalue weighted by Gasteiger charge is 2.16. The Bertz CT molecular complexity index is 1270. The molecule has 2 N–H and O–H groups in total. The maximum atomic E-state index is 6.08. The second kappa shape index (κ2) is 10.4. The number of hydrogen-bond donors (Lipinski definition) is 2. The zero-order chi connectivity index (χ0) is 23.2. The van der Waals surface area contributed by atoms with Crippen molar-refractivity contribution in [3.8, 4) is 11.3 Å². The van der Waals surface area contributed by atoms with Gasteiger partial charge in [-0.05, 0) is 55.7 Å². The lowest BCUT2D eigenvalue weighted by atomic mass is 10.1. The maximum Gasteiger partial charge on any atom is 0.250 e. The van der Waals surface area contributed by atoms with E-state index in [1.54, 1.807) is 6.21 Å². The lowest BCUT2D eigenvalue weighted by Crippen LogP contribution is -2.31. The Morgan fingerprint density at radius 2 is 1.71 bits per heavy atom. The van der Waals surface area contributed by atoms with Crippen LogP contribution < -0.4 is 15.6 Å². The summed E-state index contributed by atoms with van der Waals surface area (Å²) in [6.07, 6.45) is 5.07. The van der Waals surface area contributed by atoms with Gasteiger partial charge in [0.1, 0.15) is 11.5 Å². The molecule has 0 atom stereocenters. The molecule has 0 unspecified atom stereocenters. The van der Waals surface area contributed by atoms with E-state index in [9.17, 15) is 0 Å². The highest BCUT2D eigenvalue weighted by molar-refractivity contribution is 6.30. The van der Waals surface area contributed by atoms with Crippen molar-refractivity contribution >= 4 is 41.3 Å². The molecule has 0 spiro atoms. The number of aromatic nitrogens is 3. The first-order valence-electron chi connectivity index (χ1n) is 11.2. The number of para-hydroxylation sites is 1. The number of piperidine rings is 1. The average molecular weight is 474 g/mol. The zero-order valence-corrected chi connectivity index (χ0v) is 19.2. The van der Waals surface area contributed by atoms with Crippen LogP contribution in [0.4, 0.5) is 23.5 Å². The molecule has 5 rings (SSSR count). The van der Waals surface area contributed by atoms with E-state index in [-0.39, 0.29) is 0 Å². The molecule has 1 fully saturated rings. The van der Waals surface area contributed by atoms with Gasteiger partial charge in [-0.1, -0.05) is 41.9 Å². The lowest BCUT2D eigenvalue weighted by molar-refractivity contribution is 0.568. The molecule has 172 valence electrons. The van der Waals surface area contributed by atoms with Crippen molar-refractivity contribution in [3.05, 3.63) is 77.5 Å². The molecule has 3 heterocycles. The first-order chi connectivity index (χ1) is 16.7. The molecule has 9 heteroatoms. The first-order valence-corrected chi connectivity index (χ1v) is 11.6. The summed E-state index contributed by atoms with van der Waals surface area (Å²) in [6, 6.07) is 21.0. The molecule has 4 aromatic rings. The number of nitrogens with zero attached hydrogens (tertiary/aromatic N) is 5. The van der Waals surface area contributed by atoms with Crippen LogP contribution >= 0.6 is 11.6 Å². The van der Waals surface area contributed by atoms with E-state index in [2.05, 4.69) is 35.7 Å². The van der Waals surface area contributed by atoms with Crippen molar-refractivity contribution in [1.82, 2.24) is 15.0 Å². The van der Waals surface area contributed by atoms with Crippen LogP contribution in [0.25, 0.3) is 11.3 Å². The third-order valence-electron chi connectivity index (χ3n) is 5.38. The normalized spacial score (nSPS) is 13.9. The fraction of sp³-hybridized carbons (Fsp3) is 0.200. The van der Waals surface area contributed by atoms with E-state index < -0.39 is 0 Å². The van der Waals surface area contributed by atoms with Crippen LogP contribution in [-0.4, -0.2) is 34.3 Å². The average Bonchev–Trinajstić information content (AvgIpc) is 3.34. The van der Waals surface area contributed by atoms with Crippen LogP contribution in [0.2, 0.25) is 5.02 Å². The summed E-state index contributed by atoms with van der Waals surface area (Å²) in [5.41, 5.74) is 4.72. The number of hydrogen-bond acceptors (Lipinski definition) is 8. The van der Waals surface area contributed by atoms with Crippen LogP contribution in [0, 0.1) is 0 Å². The van der Waals surface area contributed by atoms with Crippen LogP contribution in [0.5, 0.6) is 0 Å². The summed E-state index contributed by atoms with van der Waals surface area (Å²) in [6.45, 7) is 1.85. The first kappa shape index (κ1) is 21.9. The van der Waals surface area contributed by atoms with E-state index in [0.29, 0.717) is 34.4 Å². The van der Waals surface area contributed by atoms with Gasteiger partial charge < -0.3 is 14.6 Å².